The number of rotatable bonds is 29. The first-order valence-corrected chi connectivity index (χ1v) is 16.1. The highest BCUT2D eigenvalue weighted by Gasteiger charge is 2.04. The lowest BCUT2D eigenvalue weighted by atomic mass is 10.0. The molecule has 0 unspecified atom stereocenters. The highest BCUT2D eigenvalue weighted by molar-refractivity contribution is 5.85. The maximum Gasteiger partial charge on any atom is -0.00187 e. The predicted octanol–water partition coefficient (Wildman–Crippen LogP) is 11.9. The molecule has 0 spiro atoms. The minimum absolute atomic E-state index is 0. The molecule has 0 heterocycles. The molecule has 34 heavy (non-hydrogen) atoms. The van der Waals surface area contributed by atoms with Gasteiger partial charge in [0.15, 0.2) is 0 Å². The normalized spacial score (nSPS) is 11.3. The van der Waals surface area contributed by atoms with Gasteiger partial charge in [0.2, 0.25) is 0 Å². The van der Waals surface area contributed by atoms with Crippen LogP contribution < -0.4 is 0 Å². The van der Waals surface area contributed by atoms with Gasteiger partial charge >= 0.3 is 0 Å². The molecule has 0 aromatic heterocycles. The second-order valence-electron chi connectivity index (χ2n) is 11.0. The van der Waals surface area contributed by atoms with E-state index in [-0.39, 0.29) is 12.4 Å². The number of halogens is 1. The van der Waals surface area contributed by atoms with Crippen LogP contribution in [0.25, 0.3) is 0 Å². The van der Waals surface area contributed by atoms with Gasteiger partial charge in [-0.1, -0.05) is 168 Å². The van der Waals surface area contributed by atoms with Crippen LogP contribution in [0, 0.1) is 0 Å². The third kappa shape index (κ3) is 30.3. The molecular formula is C32H68ClN. The van der Waals surface area contributed by atoms with Crippen LogP contribution in [0.15, 0.2) is 0 Å². The summed E-state index contributed by atoms with van der Waals surface area (Å²) < 4.78 is 0. The molecule has 0 amide bonds. The lowest BCUT2D eigenvalue weighted by Gasteiger charge is -2.22. The Labute approximate surface area is 224 Å². The maximum atomic E-state index is 2.76. The van der Waals surface area contributed by atoms with Gasteiger partial charge in [-0.3, -0.25) is 0 Å². The molecule has 0 aromatic rings. The Hall–Kier alpha value is 0.250. The van der Waals surface area contributed by atoms with E-state index in [0.717, 1.165) is 0 Å². The van der Waals surface area contributed by atoms with Gasteiger partial charge in [0.25, 0.3) is 0 Å². The number of hydrogen-bond donors (Lipinski definition) is 0. The Balaban J connectivity index is 0. The quantitative estimate of drug-likeness (QED) is 0.0920. The molecule has 0 atom stereocenters. The highest BCUT2D eigenvalue weighted by Crippen LogP contribution is 2.15. The number of unbranched alkanes of at least 4 members (excludes halogenated alkanes) is 23. The molecule has 2 heteroatoms. The first-order valence-electron chi connectivity index (χ1n) is 16.1. The average Bonchev–Trinajstić information content (AvgIpc) is 2.82. The van der Waals surface area contributed by atoms with Crippen molar-refractivity contribution in [2.75, 3.05) is 19.6 Å². The predicted molar refractivity (Wildman–Crippen MR) is 161 cm³/mol. The summed E-state index contributed by atoms with van der Waals surface area (Å²) in [5.41, 5.74) is 0. The third-order valence-electron chi connectivity index (χ3n) is 7.48. The molecule has 0 aliphatic rings. The van der Waals surface area contributed by atoms with Crippen LogP contribution in [0.4, 0.5) is 0 Å². The van der Waals surface area contributed by atoms with E-state index >= 15 is 0 Å². The van der Waals surface area contributed by atoms with Crippen LogP contribution in [-0.4, -0.2) is 24.5 Å². The second kappa shape index (κ2) is 33.2. The Morgan fingerprint density at radius 3 is 0.706 bits per heavy atom. The van der Waals surface area contributed by atoms with Crippen LogP contribution in [0.1, 0.15) is 188 Å². The van der Waals surface area contributed by atoms with Crippen molar-refractivity contribution in [1.82, 2.24) is 4.90 Å². The monoisotopic (exact) mass is 502 g/mol. The van der Waals surface area contributed by atoms with Gasteiger partial charge in [0.05, 0.1) is 0 Å². The van der Waals surface area contributed by atoms with Crippen LogP contribution in [0.2, 0.25) is 0 Å². The van der Waals surface area contributed by atoms with E-state index in [2.05, 4.69) is 25.7 Å². The minimum atomic E-state index is 0. The lowest BCUT2D eigenvalue weighted by molar-refractivity contribution is 0.255. The molecule has 0 aromatic carbocycles. The van der Waals surface area contributed by atoms with Crippen LogP contribution in [-0.2, 0) is 0 Å². The molecule has 0 saturated heterocycles. The molecule has 0 saturated carbocycles. The van der Waals surface area contributed by atoms with Crippen LogP contribution in [0.5, 0.6) is 0 Å². The Bertz CT molecular complexity index is 323. The fourth-order valence-corrected chi connectivity index (χ4v) is 5.10. The number of nitrogens with zero attached hydrogens (tertiary/aromatic N) is 1. The van der Waals surface area contributed by atoms with Gasteiger partial charge in [-0.05, 0) is 38.9 Å². The molecule has 0 aliphatic heterocycles. The molecule has 0 radical (unpaired) electrons. The SMILES string of the molecule is CCCCCCCCCCCCCCCCCCCCCCN(CCCCC)CCCCC.Cl. The topological polar surface area (TPSA) is 3.24 Å². The minimum Gasteiger partial charge on any atom is -0.303 e. The zero-order valence-corrected chi connectivity index (χ0v) is 25.2. The van der Waals surface area contributed by atoms with Gasteiger partial charge in [-0.2, -0.15) is 0 Å². The van der Waals surface area contributed by atoms with E-state index in [1.54, 1.807) is 0 Å². The number of hydrogen-bond acceptors (Lipinski definition) is 1. The van der Waals surface area contributed by atoms with Crippen molar-refractivity contribution in [2.24, 2.45) is 0 Å². The standard InChI is InChI=1S/C32H67N.ClH/c1-4-7-10-11-12-13-14-15-16-17-18-19-20-21-22-23-24-25-26-29-32-33(30-27-8-5-2)31-28-9-6-3;/h4-32H2,1-3H3;1H. The summed E-state index contributed by atoms with van der Waals surface area (Å²) in [5, 5.41) is 0. The fourth-order valence-electron chi connectivity index (χ4n) is 5.10. The van der Waals surface area contributed by atoms with Crippen molar-refractivity contribution in [3.8, 4) is 0 Å². The first kappa shape index (κ1) is 36.4. The molecule has 0 bridgehead atoms. The summed E-state index contributed by atoms with van der Waals surface area (Å²) in [6, 6.07) is 0. The van der Waals surface area contributed by atoms with Gasteiger partial charge < -0.3 is 4.90 Å². The van der Waals surface area contributed by atoms with E-state index < -0.39 is 0 Å². The van der Waals surface area contributed by atoms with Crippen LogP contribution >= 0.6 is 12.4 Å². The van der Waals surface area contributed by atoms with Crippen molar-refractivity contribution in [1.29, 1.82) is 0 Å². The highest BCUT2D eigenvalue weighted by atomic mass is 35.5. The van der Waals surface area contributed by atoms with Crippen molar-refractivity contribution in [3.63, 3.8) is 0 Å². The average molecular weight is 502 g/mol. The summed E-state index contributed by atoms with van der Waals surface area (Å²) in [6.07, 6.45) is 37.7. The van der Waals surface area contributed by atoms with Gasteiger partial charge in [-0.15, -0.1) is 12.4 Å². The molecule has 208 valence electrons. The van der Waals surface area contributed by atoms with Crippen LogP contribution in [0.3, 0.4) is 0 Å². The zero-order chi connectivity index (χ0) is 24.1. The van der Waals surface area contributed by atoms with E-state index in [1.165, 1.54) is 187 Å². The van der Waals surface area contributed by atoms with Gasteiger partial charge in [-0.25, -0.2) is 0 Å². The summed E-state index contributed by atoms with van der Waals surface area (Å²) in [7, 11) is 0. The summed E-state index contributed by atoms with van der Waals surface area (Å²) in [4.78, 5) is 2.76. The van der Waals surface area contributed by atoms with Crippen molar-refractivity contribution in [2.45, 2.75) is 188 Å². The Morgan fingerprint density at radius 1 is 0.265 bits per heavy atom. The molecule has 1 nitrogen and oxygen atoms in total. The maximum absolute atomic E-state index is 2.76. The molecule has 0 rings (SSSR count). The van der Waals surface area contributed by atoms with E-state index in [9.17, 15) is 0 Å². The first-order chi connectivity index (χ1) is 16.3. The zero-order valence-electron chi connectivity index (χ0n) is 24.4. The van der Waals surface area contributed by atoms with E-state index in [0.29, 0.717) is 0 Å². The van der Waals surface area contributed by atoms with Gasteiger partial charge in [0, 0.05) is 0 Å². The van der Waals surface area contributed by atoms with Crippen molar-refractivity contribution < 1.29 is 0 Å². The summed E-state index contributed by atoms with van der Waals surface area (Å²) >= 11 is 0. The molecule has 0 N–H and O–H groups in total. The second-order valence-corrected chi connectivity index (χ2v) is 11.0. The molecule has 0 aliphatic carbocycles. The molecular weight excluding hydrogens is 434 g/mol. The Morgan fingerprint density at radius 2 is 0.441 bits per heavy atom. The summed E-state index contributed by atoms with van der Waals surface area (Å²) in [6.45, 7) is 11.0. The van der Waals surface area contributed by atoms with Crippen molar-refractivity contribution in [3.05, 3.63) is 0 Å². The smallest absolute Gasteiger partial charge is 0.00187 e. The fraction of sp³-hybridized carbons (Fsp3) is 1.00. The van der Waals surface area contributed by atoms with E-state index in [1.807, 2.05) is 0 Å². The summed E-state index contributed by atoms with van der Waals surface area (Å²) in [5.74, 6) is 0. The Kier molecular flexibility index (Phi) is 35.6. The largest absolute Gasteiger partial charge is 0.303 e. The lowest BCUT2D eigenvalue weighted by Crippen LogP contribution is -2.27. The third-order valence-corrected chi connectivity index (χ3v) is 7.48. The molecule has 0 fully saturated rings. The van der Waals surface area contributed by atoms with E-state index in [4.69, 9.17) is 0 Å². The van der Waals surface area contributed by atoms with Crippen molar-refractivity contribution >= 4 is 12.4 Å². The van der Waals surface area contributed by atoms with Gasteiger partial charge in [0.1, 0.15) is 0 Å².